The maximum absolute atomic E-state index is 11.3. The van der Waals surface area contributed by atoms with Crippen LogP contribution in [0.3, 0.4) is 0 Å². The summed E-state index contributed by atoms with van der Waals surface area (Å²) in [5.41, 5.74) is 1.54. The summed E-state index contributed by atoms with van der Waals surface area (Å²) >= 11 is 1.13. The smallest absolute Gasteiger partial charge is 0.209 e. The lowest BCUT2D eigenvalue weighted by atomic mass is 10.2. The van der Waals surface area contributed by atoms with E-state index in [1.165, 1.54) is 0 Å². The molecule has 0 amide bonds. The highest BCUT2D eigenvalue weighted by Gasteiger charge is 2.13. The number of sulfone groups is 1. The lowest BCUT2D eigenvalue weighted by molar-refractivity contribution is 0.415. The fraction of sp³-hybridized carbons (Fsp3) is 0.182. The third kappa shape index (κ3) is 2.65. The number of nitrogens with zero attached hydrogens (tertiary/aromatic N) is 1. The molecule has 0 aliphatic heterocycles. The highest BCUT2D eigenvalue weighted by molar-refractivity contribution is 7.92. The lowest BCUT2D eigenvalue weighted by Crippen LogP contribution is -1.95. The summed E-state index contributed by atoms with van der Waals surface area (Å²) in [6.07, 6.45) is 1.16. The van der Waals surface area contributed by atoms with Crippen molar-refractivity contribution in [3.05, 3.63) is 29.6 Å². The number of rotatable bonds is 3. The number of aromatic nitrogens is 1. The fourth-order valence-electron chi connectivity index (χ4n) is 1.32. The standard InChI is InChI=1S/C11H11NO3S2/c1-15-9-5-3-8(4-6-9)10-7-16-11(12-10)17(2,13)14/h3-7H,1-2H3. The van der Waals surface area contributed by atoms with Crippen LogP contribution in [-0.2, 0) is 9.84 Å². The Labute approximate surface area is 104 Å². The number of thiazole rings is 1. The first kappa shape index (κ1) is 12.1. The summed E-state index contributed by atoms with van der Waals surface area (Å²) in [6, 6.07) is 7.32. The van der Waals surface area contributed by atoms with Gasteiger partial charge in [-0.05, 0) is 24.3 Å². The normalized spacial score (nSPS) is 11.4. The quantitative estimate of drug-likeness (QED) is 0.857. The molecule has 0 bridgehead atoms. The van der Waals surface area contributed by atoms with Gasteiger partial charge in [0.25, 0.3) is 0 Å². The topological polar surface area (TPSA) is 56.3 Å². The zero-order valence-corrected chi connectivity index (χ0v) is 11.0. The van der Waals surface area contributed by atoms with E-state index >= 15 is 0 Å². The molecule has 90 valence electrons. The SMILES string of the molecule is COc1ccc(-c2csc(S(C)(=O)=O)n2)cc1. The Bertz CT molecular complexity index is 614. The zero-order chi connectivity index (χ0) is 12.5. The molecule has 1 aromatic carbocycles. The predicted octanol–water partition coefficient (Wildman–Crippen LogP) is 2.22. The monoisotopic (exact) mass is 269 g/mol. The van der Waals surface area contributed by atoms with Crippen LogP contribution >= 0.6 is 11.3 Å². The van der Waals surface area contributed by atoms with Crippen molar-refractivity contribution in [2.75, 3.05) is 13.4 Å². The van der Waals surface area contributed by atoms with Gasteiger partial charge in [-0.15, -0.1) is 11.3 Å². The molecule has 0 saturated heterocycles. The Balaban J connectivity index is 2.37. The maximum atomic E-state index is 11.3. The van der Waals surface area contributed by atoms with E-state index in [1.54, 1.807) is 12.5 Å². The van der Waals surface area contributed by atoms with Crippen molar-refractivity contribution in [2.24, 2.45) is 0 Å². The van der Waals surface area contributed by atoms with Crippen molar-refractivity contribution in [1.29, 1.82) is 0 Å². The molecule has 0 fully saturated rings. The summed E-state index contributed by atoms with van der Waals surface area (Å²) < 4.78 is 27.8. The van der Waals surface area contributed by atoms with Crippen LogP contribution in [0.5, 0.6) is 5.75 Å². The van der Waals surface area contributed by atoms with Gasteiger partial charge in [0.2, 0.25) is 14.2 Å². The Morgan fingerprint density at radius 2 is 1.88 bits per heavy atom. The van der Waals surface area contributed by atoms with Crippen molar-refractivity contribution < 1.29 is 13.2 Å². The van der Waals surface area contributed by atoms with Gasteiger partial charge in [-0.1, -0.05) is 0 Å². The molecule has 0 radical (unpaired) electrons. The second-order valence-corrected chi connectivity index (χ2v) is 6.55. The number of benzene rings is 1. The van der Waals surface area contributed by atoms with E-state index in [2.05, 4.69) is 4.98 Å². The summed E-state index contributed by atoms with van der Waals surface area (Å²) in [5.74, 6) is 0.757. The molecule has 17 heavy (non-hydrogen) atoms. The first-order valence-electron chi connectivity index (χ1n) is 4.81. The number of methoxy groups -OCH3 is 1. The molecule has 0 aliphatic rings. The van der Waals surface area contributed by atoms with Crippen LogP contribution in [0.2, 0.25) is 0 Å². The molecule has 0 spiro atoms. The number of ether oxygens (including phenoxy) is 1. The van der Waals surface area contributed by atoms with Gasteiger partial charge in [-0.25, -0.2) is 13.4 Å². The van der Waals surface area contributed by atoms with E-state index in [-0.39, 0.29) is 4.34 Å². The molecule has 0 atom stereocenters. The molecule has 2 rings (SSSR count). The van der Waals surface area contributed by atoms with Gasteiger partial charge in [-0.2, -0.15) is 0 Å². The first-order chi connectivity index (χ1) is 8.00. The molecule has 6 heteroatoms. The van der Waals surface area contributed by atoms with Crippen LogP contribution in [0.15, 0.2) is 34.0 Å². The largest absolute Gasteiger partial charge is 0.497 e. The molecular formula is C11H11NO3S2. The second kappa shape index (κ2) is 4.46. The van der Waals surface area contributed by atoms with Gasteiger partial charge in [0, 0.05) is 17.2 Å². The molecule has 1 aromatic heterocycles. The summed E-state index contributed by atoms with van der Waals surface area (Å²) in [4.78, 5) is 4.10. The highest BCUT2D eigenvalue weighted by atomic mass is 32.2. The van der Waals surface area contributed by atoms with E-state index in [1.807, 2.05) is 24.3 Å². The summed E-state index contributed by atoms with van der Waals surface area (Å²) in [5, 5.41) is 1.73. The van der Waals surface area contributed by atoms with E-state index < -0.39 is 9.84 Å². The van der Waals surface area contributed by atoms with E-state index in [0.29, 0.717) is 5.69 Å². The van der Waals surface area contributed by atoms with Crippen LogP contribution in [-0.4, -0.2) is 26.8 Å². The molecule has 2 aromatic rings. The van der Waals surface area contributed by atoms with Crippen molar-refractivity contribution in [3.63, 3.8) is 0 Å². The van der Waals surface area contributed by atoms with Gasteiger partial charge in [0.05, 0.1) is 12.8 Å². The Morgan fingerprint density at radius 1 is 1.24 bits per heavy atom. The van der Waals surface area contributed by atoms with Crippen molar-refractivity contribution in [1.82, 2.24) is 4.98 Å². The van der Waals surface area contributed by atoms with Crippen LogP contribution < -0.4 is 4.74 Å². The van der Waals surface area contributed by atoms with E-state index in [9.17, 15) is 8.42 Å². The van der Waals surface area contributed by atoms with Gasteiger partial charge in [0.15, 0.2) is 0 Å². The zero-order valence-electron chi connectivity index (χ0n) is 9.38. The molecule has 0 N–H and O–H groups in total. The van der Waals surface area contributed by atoms with Crippen LogP contribution in [0.25, 0.3) is 11.3 Å². The van der Waals surface area contributed by atoms with Crippen LogP contribution in [0.1, 0.15) is 0 Å². The van der Waals surface area contributed by atoms with Gasteiger partial charge in [0.1, 0.15) is 5.75 Å². The van der Waals surface area contributed by atoms with Crippen LogP contribution in [0, 0.1) is 0 Å². The number of hydrogen-bond acceptors (Lipinski definition) is 5. The molecular weight excluding hydrogens is 258 g/mol. The molecule has 0 aliphatic carbocycles. The minimum absolute atomic E-state index is 0.142. The Morgan fingerprint density at radius 3 is 2.35 bits per heavy atom. The van der Waals surface area contributed by atoms with Gasteiger partial charge in [-0.3, -0.25) is 0 Å². The first-order valence-corrected chi connectivity index (χ1v) is 7.58. The average Bonchev–Trinajstić information content (AvgIpc) is 2.78. The van der Waals surface area contributed by atoms with Gasteiger partial charge >= 0.3 is 0 Å². The van der Waals surface area contributed by atoms with Gasteiger partial charge < -0.3 is 4.74 Å². The van der Waals surface area contributed by atoms with E-state index in [0.717, 1.165) is 28.9 Å². The second-order valence-electron chi connectivity index (χ2n) is 3.50. The minimum atomic E-state index is -3.22. The molecule has 0 unspecified atom stereocenters. The van der Waals surface area contributed by atoms with Crippen molar-refractivity contribution in [2.45, 2.75) is 4.34 Å². The third-order valence-corrected chi connectivity index (χ3v) is 4.74. The van der Waals surface area contributed by atoms with Crippen molar-refractivity contribution in [3.8, 4) is 17.0 Å². The van der Waals surface area contributed by atoms with E-state index in [4.69, 9.17) is 4.74 Å². The fourth-order valence-corrected chi connectivity index (χ4v) is 2.98. The third-order valence-electron chi connectivity index (χ3n) is 2.19. The molecule has 0 saturated carbocycles. The minimum Gasteiger partial charge on any atom is -0.497 e. The molecule has 1 heterocycles. The predicted molar refractivity (Wildman–Crippen MR) is 67.2 cm³/mol. The molecule has 4 nitrogen and oxygen atoms in total. The maximum Gasteiger partial charge on any atom is 0.209 e. The average molecular weight is 269 g/mol. The highest BCUT2D eigenvalue weighted by Crippen LogP contribution is 2.25. The Kier molecular flexibility index (Phi) is 3.17. The van der Waals surface area contributed by atoms with Crippen molar-refractivity contribution >= 4 is 21.2 Å². The lowest BCUT2D eigenvalue weighted by Gasteiger charge is -2.00. The number of hydrogen-bond donors (Lipinski definition) is 0. The Hall–Kier alpha value is -1.40. The summed E-state index contributed by atoms with van der Waals surface area (Å²) in [6.45, 7) is 0. The van der Waals surface area contributed by atoms with Crippen LogP contribution in [0.4, 0.5) is 0 Å². The summed E-state index contributed by atoms with van der Waals surface area (Å²) in [7, 11) is -1.62.